The Kier molecular flexibility index (Phi) is 6.26. The molecular formula is C21H20N2O5S. The summed E-state index contributed by atoms with van der Waals surface area (Å²) in [5.41, 5.74) is 1.32. The third kappa shape index (κ3) is 5.40. The molecular weight excluding hydrogens is 392 g/mol. The van der Waals surface area contributed by atoms with E-state index in [9.17, 15) is 18.0 Å². The lowest BCUT2D eigenvalue weighted by molar-refractivity contribution is -0.143. The second-order valence-electron chi connectivity index (χ2n) is 6.33. The van der Waals surface area contributed by atoms with Gasteiger partial charge in [0.2, 0.25) is 15.9 Å². The Labute approximate surface area is 168 Å². The Balaban J connectivity index is 1.57. The van der Waals surface area contributed by atoms with E-state index >= 15 is 0 Å². The Morgan fingerprint density at radius 1 is 0.931 bits per heavy atom. The van der Waals surface area contributed by atoms with E-state index in [1.807, 2.05) is 42.5 Å². The molecule has 0 heterocycles. The van der Waals surface area contributed by atoms with Gasteiger partial charge in [0.1, 0.15) is 13.2 Å². The molecule has 1 amide bonds. The van der Waals surface area contributed by atoms with Crippen molar-refractivity contribution >= 4 is 38.4 Å². The Hall–Kier alpha value is -3.23. The number of carbonyl (C=O) groups is 2. The lowest BCUT2D eigenvalue weighted by Gasteiger charge is -2.10. The number of hydrogen-bond donors (Lipinski definition) is 2. The maximum Gasteiger partial charge on any atom is 0.321 e. The van der Waals surface area contributed by atoms with Crippen LogP contribution in [0.1, 0.15) is 12.5 Å². The first-order valence-corrected chi connectivity index (χ1v) is 10.3. The van der Waals surface area contributed by atoms with Gasteiger partial charge in [0.05, 0.1) is 4.90 Å². The summed E-state index contributed by atoms with van der Waals surface area (Å²) in [5, 5.41) is 4.56. The summed E-state index contributed by atoms with van der Waals surface area (Å²) in [4.78, 5) is 23.0. The van der Waals surface area contributed by atoms with Gasteiger partial charge >= 0.3 is 5.97 Å². The Bertz CT molecular complexity index is 1140. The predicted octanol–water partition coefficient (Wildman–Crippen LogP) is 2.82. The van der Waals surface area contributed by atoms with Crippen molar-refractivity contribution in [3.8, 4) is 0 Å². The van der Waals surface area contributed by atoms with Crippen molar-refractivity contribution in [2.75, 3.05) is 11.9 Å². The van der Waals surface area contributed by atoms with Gasteiger partial charge in [0.25, 0.3) is 0 Å². The normalized spacial score (nSPS) is 11.2. The molecule has 0 bridgehead atoms. The number of hydrogen-bond acceptors (Lipinski definition) is 5. The SMILES string of the molecule is CC(=O)Nc1ccc(S(=O)(=O)NCC(=O)OCc2cccc3ccccc23)cc1. The van der Waals surface area contributed by atoms with Crippen LogP contribution in [0, 0.1) is 0 Å². The molecule has 29 heavy (non-hydrogen) atoms. The largest absolute Gasteiger partial charge is 0.460 e. The van der Waals surface area contributed by atoms with Crippen LogP contribution < -0.4 is 10.0 Å². The zero-order valence-corrected chi connectivity index (χ0v) is 16.5. The third-order valence-electron chi connectivity index (χ3n) is 4.16. The molecule has 0 saturated carbocycles. The number of nitrogens with one attached hydrogen (secondary N) is 2. The number of esters is 1. The number of amides is 1. The Morgan fingerprint density at radius 2 is 1.62 bits per heavy atom. The van der Waals surface area contributed by atoms with Crippen LogP contribution in [0.4, 0.5) is 5.69 Å². The lowest BCUT2D eigenvalue weighted by Crippen LogP contribution is -2.30. The molecule has 0 spiro atoms. The molecule has 0 fully saturated rings. The van der Waals surface area contributed by atoms with Crippen LogP contribution in [-0.4, -0.2) is 26.8 Å². The molecule has 8 heteroatoms. The summed E-state index contributed by atoms with van der Waals surface area (Å²) in [6.45, 7) is 0.921. The zero-order valence-electron chi connectivity index (χ0n) is 15.7. The highest BCUT2D eigenvalue weighted by molar-refractivity contribution is 7.89. The monoisotopic (exact) mass is 412 g/mol. The summed E-state index contributed by atoms with van der Waals surface area (Å²) in [6.07, 6.45) is 0. The number of fused-ring (bicyclic) bond motifs is 1. The first-order chi connectivity index (χ1) is 13.8. The molecule has 3 aromatic rings. The maximum absolute atomic E-state index is 12.3. The highest BCUT2D eigenvalue weighted by Gasteiger charge is 2.16. The molecule has 0 aromatic heterocycles. The fraction of sp³-hybridized carbons (Fsp3) is 0.143. The summed E-state index contributed by atoms with van der Waals surface area (Å²) < 4.78 is 32.1. The number of ether oxygens (including phenoxy) is 1. The lowest BCUT2D eigenvalue weighted by atomic mass is 10.1. The van der Waals surface area contributed by atoms with Crippen molar-refractivity contribution in [3.63, 3.8) is 0 Å². The van der Waals surface area contributed by atoms with Crippen LogP contribution in [0.3, 0.4) is 0 Å². The number of rotatable bonds is 7. The summed E-state index contributed by atoms with van der Waals surface area (Å²) in [7, 11) is -3.88. The number of carbonyl (C=O) groups excluding carboxylic acids is 2. The van der Waals surface area contributed by atoms with Crippen LogP contribution in [-0.2, 0) is 31.0 Å². The molecule has 3 rings (SSSR count). The predicted molar refractivity (Wildman–Crippen MR) is 110 cm³/mol. The molecule has 3 aromatic carbocycles. The highest BCUT2D eigenvalue weighted by Crippen LogP contribution is 2.19. The molecule has 0 atom stereocenters. The number of anilines is 1. The molecule has 150 valence electrons. The highest BCUT2D eigenvalue weighted by atomic mass is 32.2. The summed E-state index contributed by atoms with van der Waals surface area (Å²) in [6, 6.07) is 19.0. The summed E-state index contributed by atoms with van der Waals surface area (Å²) >= 11 is 0. The van der Waals surface area contributed by atoms with E-state index in [0.29, 0.717) is 5.69 Å². The maximum atomic E-state index is 12.3. The van der Waals surface area contributed by atoms with Gasteiger partial charge in [-0.25, -0.2) is 8.42 Å². The average molecular weight is 412 g/mol. The molecule has 0 aliphatic heterocycles. The molecule has 0 aliphatic rings. The van der Waals surface area contributed by atoms with E-state index in [0.717, 1.165) is 16.3 Å². The van der Waals surface area contributed by atoms with E-state index in [1.165, 1.54) is 31.2 Å². The topological polar surface area (TPSA) is 102 Å². The van der Waals surface area contributed by atoms with Crippen LogP contribution in [0.25, 0.3) is 10.8 Å². The van der Waals surface area contributed by atoms with E-state index in [1.54, 1.807) is 0 Å². The van der Waals surface area contributed by atoms with Gasteiger partial charge in [0, 0.05) is 12.6 Å². The molecule has 7 nitrogen and oxygen atoms in total. The van der Waals surface area contributed by atoms with Crippen LogP contribution in [0.15, 0.2) is 71.6 Å². The van der Waals surface area contributed by atoms with Crippen molar-refractivity contribution < 1.29 is 22.7 Å². The first kappa shape index (κ1) is 20.5. The molecule has 0 radical (unpaired) electrons. The average Bonchev–Trinajstić information content (AvgIpc) is 2.70. The van der Waals surface area contributed by atoms with Crippen molar-refractivity contribution in [2.45, 2.75) is 18.4 Å². The van der Waals surface area contributed by atoms with E-state index in [2.05, 4.69) is 10.0 Å². The minimum absolute atomic E-state index is 0.0199. The summed E-state index contributed by atoms with van der Waals surface area (Å²) in [5.74, 6) is -0.941. The quantitative estimate of drug-likeness (QED) is 0.581. The van der Waals surface area contributed by atoms with Crippen LogP contribution in [0.2, 0.25) is 0 Å². The van der Waals surface area contributed by atoms with Gasteiger partial charge in [-0.1, -0.05) is 42.5 Å². The van der Waals surface area contributed by atoms with Gasteiger partial charge in [-0.2, -0.15) is 4.72 Å². The first-order valence-electron chi connectivity index (χ1n) is 8.85. The van der Waals surface area contributed by atoms with Crippen LogP contribution in [0.5, 0.6) is 0 Å². The van der Waals surface area contributed by atoms with E-state index < -0.39 is 22.5 Å². The minimum atomic E-state index is -3.88. The Morgan fingerprint density at radius 3 is 2.34 bits per heavy atom. The second-order valence-corrected chi connectivity index (χ2v) is 8.10. The molecule has 0 unspecified atom stereocenters. The molecule has 2 N–H and O–H groups in total. The van der Waals surface area contributed by atoms with Gasteiger partial charge < -0.3 is 10.1 Å². The van der Waals surface area contributed by atoms with E-state index in [-0.39, 0.29) is 17.4 Å². The third-order valence-corrected chi connectivity index (χ3v) is 5.58. The number of benzene rings is 3. The zero-order chi connectivity index (χ0) is 20.9. The standard InChI is InChI=1S/C21H20N2O5S/c1-15(24)23-18-9-11-19(12-10-18)29(26,27)22-13-21(25)28-14-17-7-4-6-16-5-2-3-8-20(16)17/h2-12,22H,13-14H2,1H3,(H,23,24). The van der Waals surface area contributed by atoms with Gasteiger partial charge in [-0.3, -0.25) is 9.59 Å². The molecule has 0 saturated heterocycles. The van der Waals surface area contributed by atoms with Crippen molar-refractivity contribution in [2.24, 2.45) is 0 Å². The fourth-order valence-electron chi connectivity index (χ4n) is 2.79. The minimum Gasteiger partial charge on any atom is -0.460 e. The fourth-order valence-corrected chi connectivity index (χ4v) is 3.75. The molecule has 0 aliphatic carbocycles. The van der Waals surface area contributed by atoms with Crippen molar-refractivity contribution in [1.82, 2.24) is 4.72 Å². The van der Waals surface area contributed by atoms with Crippen LogP contribution >= 0.6 is 0 Å². The number of sulfonamides is 1. The second kappa shape index (κ2) is 8.85. The van der Waals surface area contributed by atoms with Crippen molar-refractivity contribution in [1.29, 1.82) is 0 Å². The van der Waals surface area contributed by atoms with Crippen molar-refractivity contribution in [3.05, 3.63) is 72.3 Å². The smallest absolute Gasteiger partial charge is 0.321 e. The van der Waals surface area contributed by atoms with Gasteiger partial charge in [0.15, 0.2) is 0 Å². The van der Waals surface area contributed by atoms with E-state index in [4.69, 9.17) is 4.74 Å². The van der Waals surface area contributed by atoms with Gasteiger partial charge in [-0.15, -0.1) is 0 Å². The van der Waals surface area contributed by atoms with Gasteiger partial charge in [-0.05, 0) is 40.6 Å².